The van der Waals surface area contributed by atoms with Crippen molar-refractivity contribution in [1.29, 1.82) is 0 Å². The van der Waals surface area contributed by atoms with E-state index in [0.717, 1.165) is 0 Å². The number of anilines is 1. The van der Waals surface area contributed by atoms with Crippen LogP contribution in [0.1, 0.15) is 0 Å². The van der Waals surface area contributed by atoms with Crippen LogP contribution in [0.4, 0.5) is 5.69 Å². The molecule has 134 valence electrons. The van der Waals surface area contributed by atoms with Gasteiger partial charge < -0.3 is 14.8 Å². The van der Waals surface area contributed by atoms with Gasteiger partial charge in [0.25, 0.3) is 5.91 Å². The smallest absolute Gasteiger partial charge is 0.262 e. The van der Waals surface area contributed by atoms with Gasteiger partial charge in [-0.1, -0.05) is 34.8 Å². The molecule has 2 aromatic carbocycles. The Hall–Kier alpha value is -2.28. The van der Waals surface area contributed by atoms with E-state index >= 15 is 0 Å². The molecule has 0 atom stereocenters. The number of nitrogens with one attached hydrogen (secondary N) is 1. The van der Waals surface area contributed by atoms with Crippen molar-refractivity contribution in [3.05, 3.63) is 51.7 Å². The Bertz CT molecular complexity index is 982. The predicted octanol–water partition coefficient (Wildman–Crippen LogP) is 4.62. The Labute approximate surface area is 164 Å². The Balaban J connectivity index is 1.76. The van der Waals surface area contributed by atoms with E-state index in [1.807, 2.05) is 0 Å². The summed E-state index contributed by atoms with van der Waals surface area (Å²) in [7, 11) is 1.50. The summed E-state index contributed by atoms with van der Waals surface area (Å²) in [6.07, 6.45) is 1.30. The largest absolute Gasteiger partial charge is 0.495 e. The standard InChI is InChI=1S/C17H12Cl3N3O3/c1-25-14-3-2-9(18)6-13(14)23-15(24)7-26-17-11-4-10(19)5-12(20)16(11)21-8-22-17/h2-6,8H,7H2,1H3,(H,23,24). The highest BCUT2D eigenvalue weighted by molar-refractivity contribution is 6.38. The molecule has 1 N–H and O–H groups in total. The maximum absolute atomic E-state index is 12.2. The highest BCUT2D eigenvalue weighted by atomic mass is 35.5. The van der Waals surface area contributed by atoms with E-state index in [4.69, 9.17) is 44.3 Å². The van der Waals surface area contributed by atoms with Crippen molar-refractivity contribution >= 4 is 57.3 Å². The van der Waals surface area contributed by atoms with Crippen LogP contribution in [-0.2, 0) is 4.79 Å². The molecule has 0 aliphatic carbocycles. The molecule has 3 rings (SSSR count). The van der Waals surface area contributed by atoms with Crippen molar-refractivity contribution in [2.45, 2.75) is 0 Å². The number of benzene rings is 2. The van der Waals surface area contributed by atoms with Crippen LogP contribution >= 0.6 is 34.8 Å². The maximum atomic E-state index is 12.2. The maximum Gasteiger partial charge on any atom is 0.262 e. The molecule has 0 fully saturated rings. The normalized spacial score (nSPS) is 10.6. The van der Waals surface area contributed by atoms with Gasteiger partial charge >= 0.3 is 0 Å². The van der Waals surface area contributed by atoms with Crippen LogP contribution in [0.25, 0.3) is 10.9 Å². The molecule has 1 aromatic heterocycles. The Morgan fingerprint density at radius 3 is 2.69 bits per heavy atom. The number of halogens is 3. The van der Waals surface area contributed by atoms with Crippen molar-refractivity contribution < 1.29 is 14.3 Å². The Morgan fingerprint density at radius 2 is 1.92 bits per heavy atom. The molecule has 1 amide bonds. The van der Waals surface area contributed by atoms with E-state index in [0.29, 0.717) is 37.4 Å². The molecule has 0 aliphatic heterocycles. The summed E-state index contributed by atoms with van der Waals surface area (Å²) in [6.45, 7) is -0.286. The highest BCUT2D eigenvalue weighted by Crippen LogP contribution is 2.31. The number of nitrogens with zero attached hydrogens (tertiary/aromatic N) is 2. The number of carbonyl (C=O) groups excluding carboxylic acids is 1. The third-order valence-electron chi connectivity index (χ3n) is 3.40. The van der Waals surface area contributed by atoms with E-state index in [9.17, 15) is 4.79 Å². The number of ether oxygens (including phenoxy) is 2. The summed E-state index contributed by atoms with van der Waals surface area (Å²) >= 11 is 18.1. The summed E-state index contributed by atoms with van der Waals surface area (Å²) in [4.78, 5) is 20.3. The highest BCUT2D eigenvalue weighted by Gasteiger charge is 2.13. The van der Waals surface area contributed by atoms with E-state index in [1.54, 1.807) is 30.3 Å². The number of hydrogen-bond acceptors (Lipinski definition) is 5. The van der Waals surface area contributed by atoms with Gasteiger partial charge in [-0.3, -0.25) is 4.79 Å². The molecule has 0 spiro atoms. The molecule has 0 bridgehead atoms. The summed E-state index contributed by atoms with van der Waals surface area (Å²) in [6, 6.07) is 8.09. The zero-order valence-corrected chi connectivity index (χ0v) is 15.7. The number of amides is 1. The molecule has 3 aromatic rings. The lowest BCUT2D eigenvalue weighted by molar-refractivity contribution is -0.118. The van der Waals surface area contributed by atoms with E-state index < -0.39 is 5.91 Å². The van der Waals surface area contributed by atoms with Crippen LogP contribution in [0.3, 0.4) is 0 Å². The SMILES string of the molecule is COc1ccc(Cl)cc1NC(=O)COc1ncnc2c(Cl)cc(Cl)cc12. The van der Waals surface area contributed by atoms with Crippen LogP contribution in [0.2, 0.25) is 15.1 Å². The number of carbonyl (C=O) groups is 1. The lowest BCUT2D eigenvalue weighted by atomic mass is 10.2. The number of hydrogen-bond donors (Lipinski definition) is 1. The molecule has 0 saturated heterocycles. The Morgan fingerprint density at radius 1 is 1.12 bits per heavy atom. The fourth-order valence-corrected chi connectivity index (χ4v) is 3.00. The van der Waals surface area contributed by atoms with Gasteiger partial charge in [0.15, 0.2) is 6.61 Å². The molecule has 0 radical (unpaired) electrons. The summed E-state index contributed by atoms with van der Waals surface area (Å²) in [5.41, 5.74) is 0.921. The second-order valence-corrected chi connectivity index (χ2v) is 6.42. The van der Waals surface area contributed by atoms with Gasteiger partial charge in [0.05, 0.1) is 28.7 Å². The first kappa shape index (κ1) is 18.5. The molecule has 0 aliphatic rings. The molecule has 1 heterocycles. The van der Waals surface area contributed by atoms with E-state index in [1.165, 1.54) is 13.4 Å². The summed E-state index contributed by atoms with van der Waals surface area (Å²) < 4.78 is 10.7. The van der Waals surface area contributed by atoms with Gasteiger partial charge in [0.1, 0.15) is 12.1 Å². The van der Waals surface area contributed by atoms with Crippen LogP contribution in [0.15, 0.2) is 36.7 Å². The average molecular weight is 413 g/mol. The van der Waals surface area contributed by atoms with E-state index in [-0.39, 0.29) is 12.5 Å². The first-order valence-corrected chi connectivity index (χ1v) is 8.47. The summed E-state index contributed by atoms with van der Waals surface area (Å²) in [5.74, 6) is 0.270. The summed E-state index contributed by atoms with van der Waals surface area (Å²) in [5, 5.41) is 4.43. The third kappa shape index (κ3) is 4.09. The fraction of sp³-hybridized carbons (Fsp3) is 0.118. The minimum absolute atomic E-state index is 0.201. The monoisotopic (exact) mass is 411 g/mol. The van der Waals surface area contributed by atoms with Crippen molar-refractivity contribution in [3.8, 4) is 11.6 Å². The first-order chi connectivity index (χ1) is 12.5. The van der Waals surface area contributed by atoms with Gasteiger partial charge in [0, 0.05) is 10.0 Å². The first-order valence-electron chi connectivity index (χ1n) is 7.34. The van der Waals surface area contributed by atoms with Gasteiger partial charge in [-0.15, -0.1) is 0 Å². The zero-order chi connectivity index (χ0) is 18.7. The minimum Gasteiger partial charge on any atom is -0.495 e. The zero-order valence-electron chi connectivity index (χ0n) is 13.4. The number of fused-ring (bicyclic) bond motifs is 1. The molecular weight excluding hydrogens is 401 g/mol. The third-order valence-corrected chi connectivity index (χ3v) is 4.14. The van der Waals surface area contributed by atoms with Crippen molar-refractivity contribution in [1.82, 2.24) is 9.97 Å². The molecule has 26 heavy (non-hydrogen) atoms. The number of rotatable bonds is 5. The van der Waals surface area contributed by atoms with Crippen LogP contribution in [-0.4, -0.2) is 29.6 Å². The molecule has 0 saturated carbocycles. The topological polar surface area (TPSA) is 73.3 Å². The lowest BCUT2D eigenvalue weighted by Crippen LogP contribution is -2.21. The van der Waals surface area contributed by atoms with Gasteiger partial charge in [-0.05, 0) is 30.3 Å². The minimum atomic E-state index is -0.412. The average Bonchev–Trinajstić information content (AvgIpc) is 2.60. The predicted molar refractivity (Wildman–Crippen MR) is 102 cm³/mol. The molecule has 6 nitrogen and oxygen atoms in total. The van der Waals surface area contributed by atoms with Crippen molar-refractivity contribution in [2.75, 3.05) is 19.0 Å². The van der Waals surface area contributed by atoms with Crippen LogP contribution in [0, 0.1) is 0 Å². The van der Waals surface area contributed by atoms with Crippen LogP contribution in [0.5, 0.6) is 11.6 Å². The quantitative estimate of drug-likeness (QED) is 0.662. The van der Waals surface area contributed by atoms with Crippen LogP contribution < -0.4 is 14.8 Å². The fourth-order valence-electron chi connectivity index (χ4n) is 2.28. The number of aromatic nitrogens is 2. The van der Waals surface area contributed by atoms with E-state index in [2.05, 4.69) is 15.3 Å². The number of methoxy groups -OCH3 is 1. The van der Waals surface area contributed by atoms with Crippen molar-refractivity contribution in [2.24, 2.45) is 0 Å². The van der Waals surface area contributed by atoms with Gasteiger partial charge in [-0.25, -0.2) is 9.97 Å². The molecular formula is C17H12Cl3N3O3. The second kappa shape index (κ2) is 7.95. The second-order valence-electron chi connectivity index (χ2n) is 5.14. The lowest BCUT2D eigenvalue weighted by Gasteiger charge is -2.12. The van der Waals surface area contributed by atoms with Gasteiger partial charge in [-0.2, -0.15) is 0 Å². The molecule has 9 heteroatoms. The van der Waals surface area contributed by atoms with Gasteiger partial charge in [0.2, 0.25) is 5.88 Å². The molecule has 0 unspecified atom stereocenters. The van der Waals surface area contributed by atoms with Crippen molar-refractivity contribution in [3.63, 3.8) is 0 Å². The Kier molecular flexibility index (Phi) is 5.66.